The van der Waals surface area contributed by atoms with Crippen molar-refractivity contribution >= 4 is 34.4 Å². The number of carbonyl (C=O) groups excluding carboxylic acids is 2. The van der Waals surface area contributed by atoms with Crippen molar-refractivity contribution in [2.24, 2.45) is 0 Å². The van der Waals surface area contributed by atoms with E-state index in [0.29, 0.717) is 32.6 Å². The molecule has 27 heavy (non-hydrogen) atoms. The molecule has 142 valence electrons. The maximum Gasteiger partial charge on any atom is 0.417 e. The summed E-state index contributed by atoms with van der Waals surface area (Å²) in [6, 6.07) is 12.0. The van der Waals surface area contributed by atoms with Crippen LogP contribution in [-0.4, -0.2) is 49.6 Å². The van der Waals surface area contributed by atoms with Crippen LogP contribution in [0.25, 0.3) is 10.8 Å². The molecule has 6 nitrogen and oxygen atoms in total. The third-order valence-corrected chi connectivity index (χ3v) is 5.30. The second kappa shape index (κ2) is 7.84. The molecule has 2 aliphatic rings. The number of imide groups is 1. The molecule has 0 aromatic heterocycles. The molecule has 2 aliphatic heterocycles. The Morgan fingerprint density at radius 1 is 1.04 bits per heavy atom. The zero-order chi connectivity index (χ0) is 18.8. The summed E-state index contributed by atoms with van der Waals surface area (Å²) < 4.78 is 16.4. The summed E-state index contributed by atoms with van der Waals surface area (Å²) in [4.78, 5) is 24.0. The van der Waals surface area contributed by atoms with E-state index in [1.807, 2.05) is 30.3 Å². The van der Waals surface area contributed by atoms with Gasteiger partial charge in [0, 0.05) is 29.3 Å². The molecule has 2 saturated heterocycles. The standard InChI is InChI=1S/C20H20ClNO5/c21-17-8-7-14(15-4-1-2-5-16(15)17)13-10-25-19(26-11-13)6-3-9-22-18(23)12-27-20(22)24/h1-2,4-5,7-8,13,19H,3,6,9-12H2. The smallest absolute Gasteiger partial charge is 0.417 e. The van der Waals surface area contributed by atoms with Gasteiger partial charge in [0.2, 0.25) is 0 Å². The van der Waals surface area contributed by atoms with Gasteiger partial charge in [0.25, 0.3) is 5.91 Å². The van der Waals surface area contributed by atoms with Gasteiger partial charge in [-0.05, 0) is 23.4 Å². The molecule has 0 unspecified atom stereocenters. The number of fused-ring (bicyclic) bond motifs is 1. The number of rotatable bonds is 5. The number of carbonyl (C=O) groups is 2. The topological polar surface area (TPSA) is 65.1 Å². The number of amides is 2. The summed E-state index contributed by atoms with van der Waals surface area (Å²) in [5.41, 5.74) is 1.17. The number of nitrogens with zero attached hydrogens (tertiary/aromatic N) is 1. The Balaban J connectivity index is 1.32. The minimum absolute atomic E-state index is 0.138. The summed E-state index contributed by atoms with van der Waals surface area (Å²) in [7, 11) is 0. The summed E-state index contributed by atoms with van der Waals surface area (Å²) in [6.07, 6.45) is 0.333. The Kier molecular flexibility index (Phi) is 5.29. The zero-order valence-electron chi connectivity index (χ0n) is 14.7. The first-order chi connectivity index (χ1) is 13.1. The monoisotopic (exact) mass is 389 g/mol. The lowest BCUT2D eigenvalue weighted by Crippen LogP contribution is -2.33. The quantitative estimate of drug-likeness (QED) is 0.780. The van der Waals surface area contributed by atoms with Gasteiger partial charge in [0.05, 0.1) is 13.2 Å². The van der Waals surface area contributed by atoms with Crippen LogP contribution in [0.2, 0.25) is 5.02 Å². The molecule has 0 atom stereocenters. The summed E-state index contributed by atoms with van der Waals surface area (Å²) in [5.74, 6) is -0.154. The molecule has 0 spiro atoms. The van der Waals surface area contributed by atoms with Crippen LogP contribution in [0.5, 0.6) is 0 Å². The van der Waals surface area contributed by atoms with Gasteiger partial charge in [0.15, 0.2) is 12.9 Å². The SMILES string of the molecule is O=C1COC(=O)N1CCCC1OCC(c2ccc(Cl)c3ccccc23)CO1. The molecule has 0 N–H and O–H groups in total. The number of halogens is 1. The normalized spacial score (nSPS) is 23.1. The summed E-state index contributed by atoms with van der Waals surface area (Å²) >= 11 is 6.30. The Labute approximate surface area is 161 Å². The molecule has 0 radical (unpaired) electrons. The fraction of sp³-hybridized carbons (Fsp3) is 0.400. The minimum atomic E-state index is -0.569. The summed E-state index contributed by atoms with van der Waals surface area (Å²) in [6.45, 7) is 1.28. The second-order valence-corrected chi connectivity index (χ2v) is 7.12. The van der Waals surface area contributed by atoms with Crippen LogP contribution in [0.4, 0.5) is 4.79 Å². The van der Waals surface area contributed by atoms with Gasteiger partial charge in [-0.3, -0.25) is 4.79 Å². The van der Waals surface area contributed by atoms with Crippen LogP contribution in [0.1, 0.15) is 24.3 Å². The molecule has 2 fully saturated rings. The van der Waals surface area contributed by atoms with E-state index in [1.165, 1.54) is 5.56 Å². The fourth-order valence-corrected chi connectivity index (χ4v) is 3.77. The predicted molar refractivity (Wildman–Crippen MR) is 99.7 cm³/mol. The molecule has 2 aromatic carbocycles. The molecule has 2 amide bonds. The minimum Gasteiger partial charge on any atom is -0.439 e. The highest BCUT2D eigenvalue weighted by molar-refractivity contribution is 6.35. The lowest BCUT2D eigenvalue weighted by Gasteiger charge is -2.30. The number of ether oxygens (including phenoxy) is 3. The molecule has 2 heterocycles. The van der Waals surface area contributed by atoms with E-state index in [0.717, 1.165) is 20.7 Å². The van der Waals surface area contributed by atoms with Crippen molar-refractivity contribution in [1.82, 2.24) is 4.90 Å². The van der Waals surface area contributed by atoms with Crippen molar-refractivity contribution in [3.05, 3.63) is 47.0 Å². The van der Waals surface area contributed by atoms with Crippen LogP contribution in [-0.2, 0) is 19.0 Å². The van der Waals surface area contributed by atoms with Crippen molar-refractivity contribution in [2.45, 2.75) is 25.0 Å². The van der Waals surface area contributed by atoms with E-state index < -0.39 is 6.09 Å². The number of hydrogen-bond acceptors (Lipinski definition) is 5. The molecule has 0 saturated carbocycles. The van der Waals surface area contributed by atoms with E-state index in [1.54, 1.807) is 0 Å². The van der Waals surface area contributed by atoms with Crippen molar-refractivity contribution in [3.63, 3.8) is 0 Å². The highest BCUT2D eigenvalue weighted by Gasteiger charge is 2.31. The van der Waals surface area contributed by atoms with Crippen molar-refractivity contribution in [1.29, 1.82) is 0 Å². The van der Waals surface area contributed by atoms with E-state index in [-0.39, 0.29) is 24.7 Å². The molecular weight excluding hydrogens is 370 g/mol. The van der Waals surface area contributed by atoms with Gasteiger partial charge in [-0.25, -0.2) is 9.69 Å². The zero-order valence-corrected chi connectivity index (χ0v) is 15.5. The van der Waals surface area contributed by atoms with Gasteiger partial charge in [-0.2, -0.15) is 0 Å². The highest BCUT2D eigenvalue weighted by atomic mass is 35.5. The first kappa shape index (κ1) is 18.2. The summed E-state index contributed by atoms with van der Waals surface area (Å²) in [5, 5.41) is 2.88. The largest absolute Gasteiger partial charge is 0.439 e. The third kappa shape index (κ3) is 3.78. The highest BCUT2D eigenvalue weighted by Crippen LogP contribution is 2.33. The lowest BCUT2D eigenvalue weighted by atomic mass is 9.94. The van der Waals surface area contributed by atoms with Crippen molar-refractivity contribution < 1.29 is 23.8 Å². The third-order valence-electron chi connectivity index (χ3n) is 4.97. The number of benzene rings is 2. The van der Waals surface area contributed by atoms with Crippen molar-refractivity contribution in [2.75, 3.05) is 26.4 Å². The molecule has 0 bridgehead atoms. The average Bonchev–Trinajstić information content (AvgIpc) is 3.01. The van der Waals surface area contributed by atoms with Gasteiger partial charge < -0.3 is 14.2 Å². The first-order valence-corrected chi connectivity index (χ1v) is 9.39. The van der Waals surface area contributed by atoms with E-state index in [4.69, 9.17) is 25.8 Å². The molecule has 0 aliphatic carbocycles. The van der Waals surface area contributed by atoms with E-state index in [2.05, 4.69) is 6.07 Å². The van der Waals surface area contributed by atoms with Gasteiger partial charge in [0.1, 0.15) is 0 Å². The lowest BCUT2D eigenvalue weighted by molar-refractivity contribution is -0.190. The number of cyclic esters (lactones) is 1. The Morgan fingerprint density at radius 3 is 2.48 bits per heavy atom. The Morgan fingerprint density at radius 2 is 1.78 bits per heavy atom. The maximum atomic E-state index is 11.5. The van der Waals surface area contributed by atoms with Crippen molar-refractivity contribution in [3.8, 4) is 0 Å². The average molecular weight is 390 g/mol. The Hall–Kier alpha value is -2.15. The molecule has 2 aromatic rings. The van der Waals surface area contributed by atoms with Gasteiger partial charge in [-0.15, -0.1) is 0 Å². The first-order valence-electron chi connectivity index (χ1n) is 9.01. The molecule has 4 rings (SSSR count). The Bertz CT molecular complexity index is 847. The van der Waals surface area contributed by atoms with Gasteiger partial charge in [-0.1, -0.05) is 41.9 Å². The predicted octanol–water partition coefficient (Wildman–Crippen LogP) is 3.71. The van der Waals surface area contributed by atoms with E-state index >= 15 is 0 Å². The van der Waals surface area contributed by atoms with Crippen LogP contribution in [0.3, 0.4) is 0 Å². The molecule has 7 heteroatoms. The number of hydrogen-bond donors (Lipinski definition) is 0. The maximum absolute atomic E-state index is 11.5. The fourth-order valence-electron chi connectivity index (χ4n) is 3.54. The van der Waals surface area contributed by atoms with Crippen LogP contribution in [0.15, 0.2) is 36.4 Å². The second-order valence-electron chi connectivity index (χ2n) is 6.72. The van der Waals surface area contributed by atoms with E-state index in [9.17, 15) is 9.59 Å². The van der Waals surface area contributed by atoms with Gasteiger partial charge >= 0.3 is 6.09 Å². The van der Waals surface area contributed by atoms with Crippen LogP contribution < -0.4 is 0 Å². The molecular formula is C20H20ClNO5. The van der Waals surface area contributed by atoms with Crippen LogP contribution >= 0.6 is 11.6 Å². The van der Waals surface area contributed by atoms with Crippen LogP contribution in [0, 0.1) is 0 Å².